The number of carboxylic acid groups (broad SMARTS) is 1. The number of amides is 3. The first-order valence-corrected chi connectivity index (χ1v) is 9.44. The van der Waals surface area contributed by atoms with E-state index in [-0.39, 0.29) is 36.1 Å². The largest absolute Gasteiger partial charge is 0.480 e. The summed E-state index contributed by atoms with van der Waals surface area (Å²) in [5.74, 6) is -2.26. The van der Waals surface area contributed by atoms with Crippen molar-refractivity contribution in [3.8, 4) is 0 Å². The molecule has 1 fully saturated rings. The van der Waals surface area contributed by atoms with Gasteiger partial charge in [-0.25, -0.2) is 4.79 Å². The minimum atomic E-state index is -1.30. The summed E-state index contributed by atoms with van der Waals surface area (Å²) < 4.78 is 0. The van der Waals surface area contributed by atoms with Crippen LogP contribution in [0.15, 0.2) is 0 Å². The molecule has 9 nitrogen and oxygen atoms in total. The van der Waals surface area contributed by atoms with Crippen LogP contribution in [0.4, 0.5) is 0 Å². The summed E-state index contributed by atoms with van der Waals surface area (Å²) in [4.78, 5) is 46.2. The van der Waals surface area contributed by atoms with Crippen LogP contribution in [-0.4, -0.2) is 47.4 Å². The predicted octanol–water partition coefficient (Wildman–Crippen LogP) is 0.149. The summed E-state index contributed by atoms with van der Waals surface area (Å²) in [7, 11) is 0. The van der Waals surface area contributed by atoms with Crippen LogP contribution in [0.1, 0.15) is 52.4 Å². The molecule has 0 spiro atoms. The zero-order valence-corrected chi connectivity index (χ0v) is 17.3. The molecule has 1 saturated carbocycles. The molecule has 10 heteroatoms. The van der Waals surface area contributed by atoms with E-state index >= 15 is 0 Å². The van der Waals surface area contributed by atoms with Crippen LogP contribution in [0.5, 0.6) is 0 Å². The molecule has 0 radical (unpaired) electrons. The highest BCUT2D eigenvalue weighted by Gasteiger charge is 2.30. The van der Waals surface area contributed by atoms with Crippen LogP contribution in [0, 0.1) is 17.8 Å². The molecule has 1 rings (SSSR count). The molecule has 0 aliphatic heterocycles. The Morgan fingerprint density at radius 3 is 2.14 bits per heavy atom. The summed E-state index contributed by atoms with van der Waals surface area (Å²) >= 11 is 0. The minimum Gasteiger partial charge on any atom is -0.480 e. The van der Waals surface area contributed by atoms with Crippen molar-refractivity contribution in [1.29, 1.82) is 0 Å². The summed E-state index contributed by atoms with van der Waals surface area (Å²) in [6, 6.07) is -1.81. The normalized spacial score (nSPS) is 21.1. The molecule has 2 unspecified atom stereocenters. The van der Waals surface area contributed by atoms with Crippen molar-refractivity contribution >= 4 is 36.1 Å². The van der Waals surface area contributed by atoms with Gasteiger partial charge >= 0.3 is 5.97 Å². The molecule has 3 amide bonds. The Labute approximate surface area is 171 Å². The number of carboxylic acids is 1. The van der Waals surface area contributed by atoms with Gasteiger partial charge in [-0.05, 0) is 43.9 Å². The smallest absolute Gasteiger partial charge is 0.326 e. The van der Waals surface area contributed by atoms with E-state index in [1.54, 1.807) is 0 Å². The summed E-state index contributed by atoms with van der Waals surface area (Å²) in [6.45, 7) is 4.55. The van der Waals surface area contributed by atoms with E-state index in [4.69, 9.17) is 16.6 Å². The Kier molecular flexibility index (Phi) is 11.7. The molecular formula is C18H33ClN4O5. The van der Waals surface area contributed by atoms with Crippen LogP contribution >= 0.6 is 12.4 Å². The van der Waals surface area contributed by atoms with Crippen LogP contribution in [0.3, 0.4) is 0 Å². The highest BCUT2D eigenvalue weighted by Crippen LogP contribution is 2.28. The van der Waals surface area contributed by atoms with Gasteiger partial charge < -0.3 is 27.2 Å². The molecule has 28 heavy (non-hydrogen) atoms. The number of nitrogens with one attached hydrogen (secondary N) is 2. The first-order valence-electron chi connectivity index (χ1n) is 9.44. The van der Waals surface area contributed by atoms with Gasteiger partial charge in [-0.3, -0.25) is 14.4 Å². The lowest BCUT2D eigenvalue weighted by atomic mass is 9.81. The number of primary amides is 1. The maximum Gasteiger partial charge on any atom is 0.326 e. The summed E-state index contributed by atoms with van der Waals surface area (Å²) in [5, 5.41) is 14.3. The molecular weight excluding hydrogens is 388 g/mol. The third-order valence-electron chi connectivity index (χ3n) is 4.86. The Bertz CT molecular complexity index is 550. The lowest BCUT2D eigenvalue weighted by molar-refractivity contribution is -0.144. The van der Waals surface area contributed by atoms with Gasteiger partial charge in [-0.2, -0.15) is 0 Å². The van der Waals surface area contributed by atoms with Crippen molar-refractivity contribution in [2.45, 2.75) is 64.5 Å². The number of halogens is 1. The highest BCUT2D eigenvalue weighted by molar-refractivity contribution is 5.89. The van der Waals surface area contributed by atoms with E-state index in [2.05, 4.69) is 10.6 Å². The van der Waals surface area contributed by atoms with Crippen LogP contribution < -0.4 is 22.1 Å². The van der Waals surface area contributed by atoms with E-state index in [1.165, 1.54) is 0 Å². The lowest BCUT2D eigenvalue weighted by Gasteiger charge is -2.29. The number of rotatable bonds is 10. The van der Waals surface area contributed by atoms with Gasteiger partial charge in [-0.15, -0.1) is 12.4 Å². The number of aliphatic carboxylic acids is 1. The third kappa shape index (κ3) is 9.36. The molecule has 0 bridgehead atoms. The van der Waals surface area contributed by atoms with Crippen LogP contribution in [0.2, 0.25) is 0 Å². The fraction of sp³-hybridized carbons (Fsp3) is 0.778. The number of nitrogens with two attached hydrogens (primary N) is 2. The molecule has 0 aromatic rings. The summed E-state index contributed by atoms with van der Waals surface area (Å²) in [5.41, 5.74) is 10.9. The van der Waals surface area contributed by atoms with Crippen molar-refractivity contribution in [3.05, 3.63) is 0 Å². The molecule has 0 saturated heterocycles. The predicted molar refractivity (Wildman–Crippen MR) is 107 cm³/mol. The Hall–Kier alpha value is -1.87. The zero-order chi connectivity index (χ0) is 20.6. The first kappa shape index (κ1) is 26.1. The summed E-state index contributed by atoms with van der Waals surface area (Å²) in [6.07, 6.45) is 2.92. The number of carbonyl (C=O) groups is 4. The monoisotopic (exact) mass is 420 g/mol. The Balaban J connectivity index is 0.00000729. The van der Waals surface area contributed by atoms with Crippen LogP contribution in [-0.2, 0) is 19.2 Å². The molecule has 7 N–H and O–H groups in total. The second-order valence-corrected chi connectivity index (χ2v) is 7.77. The first-order chi connectivity index (χ1) is 12.6. The molecule has 0 aromatic heterocycles. The highest BCUT2D eigenvalue weighted by atomic mass is 35.5. The number of carbonyl (C=O) groups excluding carboxylic acids is 3. The topological polar surface area (TPSA) is 165 Å². The third-order valence-corrected chi connectivity index (χ3v) is 4.86. The van der Waals surface area contributed by atoms with E-state index < -0.39 is 30.4 Å². The maximum atomic E-state index is 12.2. The molecule has 1 aliphatic carbocycles. The van der Waals surface area contributed by atoms with Crippen molar-refractivity contribution in [1.82, 2.24) is 10.6 Å². The molecule has 162 valence electrons. The quantitative estimate of drug-likeness (QED) is 0.337. The molecule has 0 heterocycles. The van der Waals surface area contributed by atoms with E-state index in [1.807, 2.05) is 13.8 Å². The van der Waals surface area contributed by atoms with Crippen molar-refractivity contribution in [3.63, 3.8) is 0 Å². The fourth-order valence-corrected chi connectivity index (χ4v) is 3.31. The van der Waals surface area contributed by atoms with E-state index in [0.29, 0.717) is 31.7 Å². The maximum absolute atomic E-state index is 12.2. The Morgan fingerprint density at radius 2 is 1.68 bits per heavy atom. The van der Waals surface area contributed by atoms with E-state index in [0.717, 1.165) is 12.8 Å². The van der Waals surface area contributed by atoms with Crippen molar-refractivity contribution in [2.75, 3.05) is 6.54 Å². The standard InChI is InChI=1S/C18H32N4O5.ClH/c1-10(2)7-13(19)17(25)21-9-11-3-5-12(6-4-11)16(24)22-14(18(26)27)8-15(20)23;/h10-14H,3-9,19H2,1-2H3,(H2,20,23)(H,21,25)(H,22,24)(H,26,27);1H. The van der Waals surface area contributed by atoms with Gasteiger partial charge in [0.2, 0.25) is 17.7 Å². The van der Waals surface area contributed by atoms with Gasteiger partial charge in [0.05, 0.1) is 12.5 Å². The average molecular weight is 421 g/mol. The van der Waals surface area contributed by atoms with Gasteiger partial charge in [0.1, 0.15) is 6.04 Å². The van der Waals surface area contributed by atoms with Gasteiger partial charge in [0.25, 0.3) is 0 Å². The van der Waals surface area contributed by atoms with Crippen LogP contribution in [0.25, 0.3) is 0 Å². The fourth-order valence-electron chi connectivity index (χ4n) is 3.31. The van der Waals surface area contributed by atoms with Gasteiger partial charge in [0.15, 0.2) is 0 Å². The van der Waals surface area contributed by atoms with Gasteiger partial charge in [-0.1, -0.05) is 13.8 Å². The Morgan fingerprint density at radius 1 is 1.11 bits per heavy atom. The average Bonchev–Trinajstić information content (AvgIpc) is 2.58. The number of hydrogen-bond acceptors (Lipinski definition) is 5. The second-order valence-electron chi connectivity index (χ2n) is 7.77. The van der Waals surface area contributed by atoms with E-state index in [9.17, 15) is 19.2 Å². The SMILES string of the molecule is CC(C)CC(N)C(=O)NCC1CCC(C(=O)NC(CC(N)=O)C(=O)O)CC1.Cl. The molecule has 1 aliphatic rings. The molecule has 0 aromatic carbocycles. The zero-order valence-electron chi connectivity index (χ0n) is 16.5. The van der Waals surface area contributed by atoms with Crippen molar-refractivity contribution in [2.24, 2.45) is 29.2 Å². The minimum absolute atomic E-state index is 0. The second kappa shape index (κ2) is 12.6. The molecule has 2 atom stereocenters. The lowest BCUT2D eigenvalue weighted by Crippen LogP contribution is -2.47. The van der Waals surface area contributed by atoms with Crippen molar-refractivity contribution < 1.29 is 24.3 Å². The number of hydrogen-bond donors (Lipinski definition) is 5. The van der Waals surface area contributed by atoms with Gasteiger partial charge in [0, 0.05) is 12.5 Å².